The lowest BCUT2D eigenvalue weighted by molar-refractivity contribution is 0.106. The molecule has 0 N–H and O–H groups in total. The van der Waals surface area contributed by atoms with E-state index in [1.807, 2.05) is 57.2 Å². The van der Waals surface area contributed by atoms with Crippen LogP contribution in [0.5, 0.6) is 5.75 Å². The zero-order valence-electron chi connectivity index (χ0n) is 18.5. The molecular weight excluding hydrogens is 391 g/mol. The molecule has 30 heavy (non-hydrogen) atoms. The van der Waals surface area contributed by atoms with Crippen LogP contribution in [0.25, 0.3) is 0 Å². The zero-order valence-corrected chi connectivity index (χ0v) is 19.4. The van der Waals surface area contributed by atoms with E-state index in [0.717, 1.165) is 22.3 Å². The summed E-state index contributed by atoms with van der Waals surface area (Å²) in [7, 11) is -3.91. The van der Waals surface area contributed by atoms with E-state index < -0.39 is 12.9 Å². The third-order valence-electron chi connectivity index (χ3n) is 5.18. The third-order valence-corrected chi connectivity index (χ3v) is 7.37. The molecule has 0 heterocycles. The Bertz CT molecular complexity index is 1100. The van der Waals surface area contributed by atoms with Crippen LogP contribution in [0.3, 0.4) is 0 Å². The highest BCUT2D eigenvalue weighted by Gasteiger charge is 2.40. The molecule has 1 unspecified atom stereocenters. The minimum absolute atomic E-state index is 0.225. The smallest absolute Gasteiger partial charge is 0.346 e. The molecule has 0 amide bonds. The molecule has 0 saturated heterocycles. The lowest BCUT2D eigenvalue weighted by atomic mass is 9.86. The number of aryl methyl sites for hydroxylation is 3. The normalized spacial score (nSPS) is 13.5. The van der Waals surface area contributed by atoms with Crippen molar-refractivity contribution < 1.29 is 13.9 Å². The maximum Gasteiger partial charge on any atom is 0.346 e. The molecular formula is C26H29O3P. The summed E-state index contributed by atoms with van der Waals surface area (Å²) in [6, 6.07) is 20.2. The first kappa shape index (κ1) is 22.1. The molecule has 156 valence electrons. The fourth-order valence-corrected chi connectivity index (χ4v) is 5.88. The molecule has 3 aromatic rings. The summed E-state index contributed by atoms with van der Waals surface area (Å²) in [6.45, 7) is 12.0. The molecule has 3 rings (SSSR count). The first-order valence-corrected chi connectivity index (χ1v) is 11.7. The molecule has 0 bridgehead atoms. The van der Waals surface area contributed by atoms with Gasteiger partial charge in [-0.15, -0.1) is 0 Å². The van der Waals surface area contributed by atoms with Gasteiger partial charge in [0.15, 0.2) is 0 Å². The van der Waals surface area contributed by atoms with E-state index in [1.165, 1.54) is 0 Å². The molecule has 1 atom stereocenters. The Morgan fingerprint density at radius 3 is 1.93 bits per heavy atom. The Hall–Kier alpha value is -2.64. The van der Waals surface area contributed by atoms with Crippen LogP contribution in [0.2, 0.25) is 0 Å². The Balaban J connectivity index is 2.21. The predicted molar refractivity (Wildman–Crippen MR) is 124 cm³/mol. The van der Waals surface area contributed by atoms with Crippen molar-refractivity contribution in [2.45, 2.75) is 47.0 Å². The van der Waals surface area contributed by atoms with E-state index in [0.29, 0.717) is 16.6 Å². The highest BCUT2D eigenvalue weighted by atomic mass is 31.2. The quantitative estimate of drug-likeness (QED) is 0.430. The lowest BCUT2D eigenvalue weighted by Crippen LogP contribution is -2.21. The van der Waals surface area contributed by atoms with E-state index in [2.05, 4.69) is 20.8 Å². The van der Waals surface area contributed by atoms with Crippen molar-refractivity contribution in [2.75, 3.05) is 0 Å². The fourth-order valence-electron chi connectivity index (χ4n) is 3.80. The van der Waals surface area contributed by atoms with Crippen LogP contribution in [0.15, 0.2) is 66.7 Å². The Morgan fingerprint density at radius 1 is 0.833 bits per heavy atom. The summed E-state index contributed by atoms with van der Waals surface area (Å²) >= 11 is 0. The highest BCUT2D eigenvalue weighted by molar-refractivity contribution is 7.83. The second kappa shape index (κ2) is 8.24. The maximum absolute atomic E-state index is 14.4. The Kier molecular flexibility index (Phi) is 6.06. The molecule has 3 aromatic carbocycles. The first-order chi connectivity index (χ1) is 14.0. The van der Waals surface area contributed by atoms with Gasteiger partial charge in [0.05, 0.1) is 5.30 Å². The van der Waals surface area contributed by atoms with Gasteiger partial charge in [-0.1, -0.05) is 74.9 Å². The number of carbonyl (C=O) groups excluding carboxylic acids is 1. The lowest BCUT2D eigenvalue weighted by Gasteiger charge is -2.26. The largest absolute Gasteiger partial charge is 0.435 e. The average molecular weight is 420 g/mol. The molecule has 4 heteroatoms. The molecule has 0 aliphatic carbocycles. The summed E-state index contributed by atoms with van der Waals surface area (Å²) in [6.07, 6.45) is 0. The van der Waals surface area contributed by atoms with Gasteiger partial charge in [-0.25, -0.2) is 0 Å². The molecule has 0 fully saturated rings. The SMILES string of the molecule is Cc1cc(C)c(C(=O)P(=O)(Oc2ccccc2C(C)(C)C)c2ccccc2)c(C)c1. The van der Waals surface area contributed by atoms with Crippen molar-refractivity contribution in [3.63, 3.8) is 0 Å². The van der Waals surface area contributed by atoms with E-state index >= 15 is 0 Å². The monoisotopic (exact) mass is 420 g/mol. The van der Waals surface area contributed by atoms with Crippen molar-refractivity contribution >= 4 is 18.2 Å². The number of hydrogen-bond donors (Lipinski definition) is 0. The highest BCUT2D eigenvalue weighted by Crippen LogP contribution is 2.51. The van der Waals surface area contributed by atoms with Crippen molar-refractivity contribution in [2.24, 2.45) is 0 Å². The van der Waals surface area contributed by atoms with Crippen LogP contribution in [-0.4, -0.2) is 5.52 Å². The summed E-state index contributed by atoms with van der Waals surface area (Å²) in [5.74, 6) is 0.480. The van der Waals surface area contributed by atoms with Crippen LogP contribution < -0.4 is 9.83 Å². The van der Waals surface area contributed by atoms with Gasteiger partial charge in [0.1, 0.15) is 5.75 Å². The molecule has 0 aliphatic heterocycles. The summed E-state index contributed by atoms with van der Waals surface area (Å²) < 4.78 is 20.6. The number of hydrogen-bond acceptors (Lipinski definition) is 3. The predicted octanol–water partition coefficient (Wildman–Crippen LogP) is 6.73. The van der Waals surface area contributed by atoms with E-state index in [4.69, 9.17) is 4.52 Å². The number of rotatable bonds is 5. The third kappa shape index (κ3) is 4.27. The number of benzene rings is 3. The standard InChI is InChI=1S/C26H29O3P/c1-18-16-19(2)24(20(3)17-18)25(27)30(28,21-12-8-7-9-13-21)29-23-15-11-10-14-22(23)26(4,5)6/h7-17H,1-6H3. The summed E-state index contributed by atoms with van der Waals surface area (Å²) in [5.41, 5.74) is 3.37. The Morgan fingerprint density at radius 2 is 1.37 bits per heavy atom. The molecule has 0 aliphatic rings. The van der Waals surface area contributed by atoms with Crippen LogP contribution >= 0.6 is 7.37 Å². The van der Waals surface area contributed by atoms with Gasteiger partial charge in [0.2, 0.25) is 0 Å². The van der Waals surface area contributed by atoms with Gasteiger partial charge in [-0.05, 0) is 61.1 Å². The van der Waals surface area contributed by atoms with Crippen LogP contribution in [0, 0.1) is 20.8 Å². The minimum atomic E-state index is -3.91. The van der Waals surface area contributed by atoms with Crippen molar-refractivity contribution in [3.05, 3.63) is 94.5 Å². The molecule has 0 saturated carbocycles. The van der Waals surface area contributed by atoms with Crippen molar-refractivity contribution in [3.8, 4) is 5.75 Å². The van der Waals surface area contributed by atoms with Crippen molar-refractivity contribution in [1.29, 1.82) is 0 Å². The van der Waals surface area contributed by atoms with Crippen LogP contribution in [-0.2, 0) is 9.98 Å². The molecule has 0 spiro atoms. The van der Waals surface area contributed by atoms with E-state index in [1.54, 1.807) is 30.3 Å². The average Bonchev–Trinajstić information content (AvgIpc) is 2.67. The zero-order chi connectivity index (χ0) is 22.1. The van der Waals surface area contributed by atoms with Gasteiger partial charge in [0, 0.05) is 5.56 Å². The van der Waals surface area contributed by atoms with Gasteiger partial charge < -0.3 is 4.52 Å². The van der Waals surface area contributed by atoms with Crippen LogP contribution in [0.1, 0.15) is 53.4 Å². The summed E-state index contributed by atoms with van der Waals surface area (Å²) in [5, 5.41) is 0.401. The maximum atomic E-state index is 14.4. The van der Waals surface area contributed by atoms with E-state index in [-0.39, 0.29) is 5.41 Å². The van der Waals surface area contributed by atoms with Gasteiger partial charge in [-0.2, -0.15) is 0 Å². The Labute approximate surface area is 179 Å². The number of para-hydroxylation sites is 1. The van der Waals surface area contributed by atoms with Gasteiger partial charge >= 0.3 is 7.37 Å². The van der Waals surface area contributed by atoms with Gasteiger partial charge in [0.25, 0.3) is 5.52 Å². The molecule has 3 nitrogen and oxygen atoms in total. The summed E-state index contributed by atoms with van der Waals surface area (Å²) in [4.78, 5) is 13.8. The molecule has 0 aromatic heterocycles. The van der Waals surface area contributed by atoms with E-state index in [9.17, 15) is 9.36 Å². The second-order valence-corrected chi connectivity index (χ2v) is 11.0. The second-order valence-electron chi connectivity index (χ2n) is 8.80. The fraction of sp³-hybridized carbons (Fsp3) is 0.269. The van der Waals surface area contributed by atoms with Crippen LogP contribution in [0.4, 0.5) is 0 Å². The number of carbonyl (C=O) groups is 1. The first-order valence-electron chi connectivity index (χ1n) is 10.1. The van der Waals surface area contributed by atoms with Gasteiger partial charge in [-0.3, -0.25) is 9.36 Å². The minimum Gasteiger partial charge on any atom is -0.435 e. The van der Waals surface area contributed by atoms with Crippen molar-refractivity contribution in [1.82, 2.24) is 0 Å². The molecule has 0 radical (unpaired) electrons. The topological polar surface area (TPSA) is 43.4 Å².